The van der Waals surface area contributed by atoms with Gasteiger partial charge in [-0.1, -0.05) is 17.7 Å². The molecular formula is C19H18ClFN4O3. The molecule has 1 aromatic heterocycles. The number of amides is 1. The number of nitrogens with one attached hydrogen (secondary N) is 2. The van der Waals surface area contributed by atoms with Gasteiger partial charge in [-0.05, 0) is 29.8 Å². The molecule has 4 rings (SSSR count). The highest BCUT2D eigenvalue weighted by Gasteiger charge is 2.30. The Kier molecular flexibility index (Phi) is 5.52. The van der Waals surface area contributed by atoms with Crippen LogP contribution in [-0.2, 0) is 9.53 Å². The van der Waals surface area contributed by atoms with Gasteiger partial charge in [-0.2, -0.15) is 5.10 Å². The molecule has 0 unspecified atom stereocenters. The highest BCUT2D eigenvalue weighted by Crippen LogP contribution is 2.30. The molecule has 3 heterocycles. The maximum absolute atomic E-state index is 14.0. The summed E-state index contributed by atoms with van der Waals surface area (Å²) in [5.41, 5.74) is 4.25. The minimum atomic E-state index is -0.512. The highest BCUT2D eigenvalue weighted by molar-refractivity contribution is 6.30. The van der Waals surface area contributed by atoms with Crippen LogP contribution >= 0.6 is 11.6 Å². The van der Waals surface area contributed by atoms with Crippen LogP contribution in [0.1, 0.15) is 23.7 Å². The van der Waals surface area contributed by atoms with Gasteiger partial charge in [0.25, 0.3) is 0 Å². The molecule has 2 aliphatic heterocycles. The van der Waals surface area contributed by atoms with Crippen LogP contribution in [0.5, 0.6) is 5.88 Å². The van der Waals surface area contributed by atoms with E-state index in [1.165, 1.54) is 12.1 Å². The van der Waals surface area contributed by atoms with E-state index in [9.17, 15) is 9.18 Å². The Hall–Kier alpha value is -2.55. The summed E-state index contributed by atoms with van der Waals surface area (Å²) < 4.78 is 26.1. The largest absolute Gasteiger partial charge is 0.469 e. The van der Waals surface area contributed by atoms with Gasteiger partial charge in [-0.3, -0.25) is 4.79 Å². The van der Waals surface area contributed by atoms with Gasteiger partial charge in [0, 0.05) is 19.3 Å². The van der Waals surface area contributed by atoms with Gasteiger partial charge in [0.05, 0.1) is 29.3 Å². The molecule has 2 aromatic rings. The Balaban J connectivity index is 1.63. The van der Waals surface area contributed by atoms with E-state index >= 15 is 0 Å². The highest BCUT2D eigenvalue weighted by atomic mass is 35.5. The summed E-state index contributed by atoms with van der Waals surface area (Å²) in [5, 5.41) is 7.34. The van der Waals surface area contributed by atoms with Gasteiger partial charge < -0.3 is 14.8 Å². The number of rotatable bonds is 4. The summed E-state index contributed by atoms with van der Waals surface area (Å²) >= 11 is 5.81. The number of aromatic nitrogens is 1. The number of hydrogen-bond donors (Lipinski definition) is 2. The van der Waals surface area contributed by atoms with E-state index in [1.807, 2.05) is 0 Å². The first-order chi connectivity index (χ1) is 13.6. The molecule has 2 N–H and O–H groups in total. The van der Waals surface area contributed by atoms with Gasteiger partial charge in [0.15, 0.2) is 0 Å². The number of hydrazone groups is 1. The van der Waals surface area contributed by atoms with E-state index in [-0.39, 0.29) is 17.4 Å². The first kappa shape index (κ1) is 18.8. The quantitative estimate of drug-likeness (QED) is 0.816. The molecule has 1 saturated heterocycles. The first-order valence-electron chi connectivity index (χ1n) is 8.86. The second kappa shape index (κ2) is 8.22. The van der Waals surface area contributed by atoms with E-state index in [2.05, 4.69) is 20.8 Å². The third-order valence-electron chi connectivity index (χ3n) is 4.52. The molecule has 9 heteroatoms. The van der Waals surface area contributed by atoms with Crippen LogP contribution in [0.15, 0.2) is 41.6 Å². The Morgan fingerprint density at radius 3 is 3.00 bits per heavy atom. The average Bonchev–Trinajstić information content (AvgIpc) is 2.99. The van der Waals surface area contributed by atoms with Crippen LogP contribution in [0, 0.1) is 5.82 Å². The smallest absolute Gasteiger partial charge is 0.246 e. The van der Waals surface area contributed by atoms with E-state index in [4.69, 9.17) is 21.1 Å². The summed E-state index contributed by atoms with van der Waals surface area (Å²) in [5.74, 6) is -0.351. The lowest BCUT2D eigenvalue weighted by Gasteiger charge is -2.26. The van der Waals surface area contributed by atoms with Crippen LogP contribution < -0.4 is 15.5 Å². The minimum absolute atomic E-state index is 0.0522. The number of halogens is 2. The second-order valence-electron chi connectivity index (χ2n) is 6.45. The number of benzene rings is 1. The zero-order valence-electron chi connectivity index (χ0n) is 14.8. The molecule has 0 spiro atoms. The SMILES string of the molecule is O=C1CC(c2cccnc2O[C@H]2CNCCO[C@@H]2c2ccc(Cl)c(F)c2)=NN1. The Morgan fingerprint density at radius 2 is 2.21 bits per heavy atom. The van der Waals surface area contributed by atoms with E-state index < -0.39 is 18.0 Å². The van der Waals surface area contributed by atoms with Gasteiger partial charge in [0.2, 0.25) is 11.8 Å². The lowest BCUT2D eigenvalue weighted by molar-refractivity contribution is -0.119. The first-order valence-corrected chi connectivity index (χ1v) is 9.24. The summed E-state index contributed by atoms with van der Waals surface area (Å²) in [7, 11) is 0. The predicted molar refractivity (Wildman–Crippen MR) is 101 cm³/mol. The summed E-state index contributed by atoms with van der Waals surface area (Å²) in [6.07, 6.45) is 0.781. The number of carbonyl (C=O) groups is 1. The molecule has 0 aliphatic carbocycles. The van der Waals surface area contributed by atoms with E-state index in [0.717, 1.165) is 0 Å². The van der Waals surface area contributed by atoms with Crippen molar-refractivity contribution in [2.24, 2.45) is 5.10 Å². The van der Waals surface area contributed by atoms with Crippen LogP contribution in [0.25, 0.3) is 0 Å². The van der Waals surface area contributed by atoms with E-state index in [1.54, 1.807) is 24.4 Å². The molecule has 1 fully saturated rings. The van der Waals surface area contributed by atoms with Crippen molar-refractivity contribution in [3.63, 3.8) is 0 Å². The minimum Gasteiger partial charge on any atom is -0.469 e. The molecule has 146 valence electrons. The third kappa shape index (κ3) is 3.99. The molecule has 1 amide bonds. The molecule has 7 nitrogen and oxygen atoms in total. The predicted octanol–water partition coefficient (Wildman–Crippen LogP) is 2.21. The number of hydrogen-bond acceptors (Lipinski definition) is 6. The monoisotopic (exact) mass is 404 g/mol. The number of carbonyl (C=O) groups excluding carboxylic acids is 1. The maximum Gasteiger partial charge on any atom is 0.246 e. The third-order valence-corrected chi connectivity index (χ3v) is 4.83. The van der Waals surface area contributed by atoms with Crippen molar-refractivity contribution in [1.29, 1.82) is 0 Å². The van der Waals surface area contributed by atoms with Crippen molar-refractivity contribution in [3.05, 3.63) is 58.5 Å². The maximum atomic E-state index is 14.0. The van der Waals surface area contributed by atoms with Crippen LogP contribution in [0.3, 0.4) is 0 Å². The number of nitrogens with zero attached hydrogens (tertiary/aromatic N) is 2. The van der Waals surface area contributed by atoms with Gasteiger partial charge >= 0.3 is 0 Å². The lowest BCUT2D eigenvalue weighted by atomic mass is 10.0. The standard InChI is InChI=1S/C19H18ClFN4O3/c20-13-4-3-11(8-14(13)21)18-16(10-22-6-7-27-18)28-19-12(2-1-5-23-19)15-9-17(26)25-24-15/h1-5,8,16,18,22H,6-7,9-10H2,(H,25,26)/t16-,18+/m0/s1. The van der Waals surface area contributed by atoms with Crippen molar-refractivity contribution in [2.75, 3.05) is 19.7 Å². The van der Waals surface area contributed by atoms with Gasteiger partial charge in [0.1, 0.15) is 18.0 Å². The summed E-state index contributed by atoms with van der Waals surface area (Å²) in [6, 6.07) is 8.13. The molecule has 0 radical (unpaired) electrons. The Morgan fingerprint density at radius 1 is 1.32 bits per heavy atom. The summed E-state index contributed by atoms with van der Waals surface area (Å²) in [6.45, 7) is 1.58. The number of pyridine rings is 1. The van der Waals surface area contributed by atoms with Crippen molar-refractivity contribution < 1.29 is 18.7 Å². The molecule has 0 bridgehead atoms. The fraction of sp³-hybridized carbons (Fsp3) is 0.316. The van der Waals surface area contributed by atoms with Crippen LogP contribution in [0.2, 0.25) is 5.02 Å². The molecular weight excluding hydrogens is 387 g/mol. The van der Waals surface area contributed by atoms with Crippen molar-refractivity contribution in [3.8, 4) is 5.88 Å². The van der Waals surface area contributed by atoms with Crippen molar-refractivity contribution in [1.82, 2.24) is 15.7 Å². The van der Waals surface area contributed by atoms with Crippen LogP contribution in [0.4, 0.5) is 4.39 Å². The molecule has 2 aliphatic rings. The zero-order valence-corrected chi connectivity index (χ0v) is 15.6. The fourth-order valence-corrected chi connectivity index (χ4v) is 3.30. The average molecular weight is 405 g/mol. The molecule has 0 saturated carbocycles. The number of ether oxygens (including phenoxy) is 2. The summed E-state index contributed by atoms with van der Waals surface area (Å²) in [4.78, 5) is 15.8. The molecule has 1 aromatic carbocycles. The lowest BCUT2D eigenvalue weighted by Crippen LogP contribution is -2.35. The van der Waals surface area contributed by atoms with Crippen molar-refractivity contribution in [2.45, 2.75) is 18.6 Å². The molecule has 28 heavy (non-hydrogen) atoms. The van der Waals surface area contributed by atoms with Crippen LogP contribution in [-0.4, -0.2) is 42.4 Å². The Labute approximate surface area is 165 Å². The zero-order chi connectivity index (χ0) is 19.5. The van der Waals surface area contributed by atoms with Gasteiger partial charge in [-0.15, -0.1) is 0 Å². The van der Waals surface area contributed by atoms with E-state index in [0.29, 0.717) is 42.4 Å². The van der Waals surface area contributed by atoms with Gasteiger partial charge in [-0.25, -0.2) is 14.8 Å². The topological polar surface area (TPSA) is 84.8 Å². The normalized spacial score (nSPS) is 22.4. The molecule has 2 atom stereocenters. The fourth-order valence-electron chi connectivity index (χ4n) is 3.18. The Bertz CT molecular complexity index is 924. The second-order valence-corrected chi connectivity index (χ2v) is 6.86. The van der Waals surface area contributed by atoms with Crippen molar-refractivity contribution >= 4 is 23.2 Å².